The maximum absolute atomic E-state index is 12.8. The van der Waals surface area contributed by atoms with Crippen LogP contribution in [0.4, 0.5) is 5.69 Å². The summed E-state index contributed by atoms with van der Waals surface area (Å²) in [7, 11) is 0. The third-order valence-electron chi connectivity index (χ3n) is 4.17. The summed E-state index contributed by atoms with van der Waals surface area (Å²) in [5.74, 6) is 1.23. The molecule has 0 fully saturated rings. The van der Waals surface area contributed by atoms with Gasteiger partial charge in [0.25, 0.3) is 5.91 Å². The smallest absolute Gasteiger partial charge is 0.256 e. The standard InChI is InChI=1S/C21H17N3O3S/c1-28-18-11-5-3-8-15(18)21(25)22-16-9-4-2-7-14(16)13-19-23-20(24-27-19)17-10-6-12-26-17/h2-12H,13H2,1H3,(H,22,25). The summed E-state index contributed by atoms with van der Waals surface area (Å²) >= 11 is 1.54. The molecule has 7 heteroatoms. The molecule has 28 heavy (non-hydrogen) atoms. The number of nitrogens with zero attached hydrogens (tertiary/aromatic N) is 2. The molecule has 0 aliphatic heterocycles. The molecule has 0 spiro atoms. The molecule has 0 saturated carbocycles. The first-order chi connectivity index (χ1) is 13.7. The molecule has 0 radical (unpaired) electrons. The van der Waals surface area contributed by atoms with E-state index in [9.17, 15) is 4.79 Å². The number of carbonyl (C=O) groups excluding carboxylic acids is 1. The molecule has 6 nitrogen and oxygen atoms in total. The highest BCUT2D eigenvalue weighted by Crippen LogP contribution is 2.24. The van der Waals surface area contributed by atoms with E-state index in [1.807, 2.05) is 54.8 Å². The van der Waals surface area contributed by atoms with E-state index in [1.54, 1.807) is 18.4 Å². The molecular weight excluding hydrogens is 374 g/mol. The first-order valence-electron chi connectivity index (χ1n) is 8.63. The molecule has 0 aliphatic rings. The number of para-hydroxylation sites is 1. The van der Waals surface area contributed by atoms with E-state index in [0.717, 1.165) is 10.5 Å². The lowest BCUT2D eigenvalue weighted by atomic mass is 10.1. The molecule has 140 valence electrons. The van der Waals surface area contributed by atoms with Gasteiger partial charge in [0.1, 0.15) is 0 Å². The molecule has 1 N–H and O–H groups in total. The lowest BCUT2D eigenvalue weighted by Gasteiger charge is -2.11. The van der Waals surface area contributed by atoms with Crippen molar-refractivity contribution in [2.75, 3.05) is 11.6 Å². The van der Waals surface area contributed by atoms with Crippen molar-refractivity contribution in [2.24, 2.45) is 0 Å². The molecule has 0 aliphatic carbocycles. The fraction of sp³-hybridized carbons (Fsp3) is 0.0952. The van der Waals surface area contributed by atoms with Crippen LogP contribution in [0.2, 0.25) is 0 Å². The maximum atomic E-state index is 12.8. The molecule has 2 heterocycles. The van der Waals surface area contributed by atoms with Crippen molar-refractivity contribution in [1.82, 2.24) is 10.1 Å². The summed E-state index contributed by atoms with van der Waals surface area (Å²) in [4.78, 5) is 18.1. The van der Waals surface area contributed by atoms with Crippen molar-refractivity contribution >= 4 is 23.4 Å². The summed E-state index contributed by atoms with van der Waals surface area (Å²) < 4.78 is 10.6. The van der Waals surface area contributed by atoms with Crippen LogP contribution in [0.3, 0.4) is 0 Å². The van der Waals surface area contributed by atoms with Gasteiger partial charge in [-0.15, -0.1) is 11.8 Å². The first-order valence-corrected chi connectivity index (χ1v) is 9.86. The van der Waals surface area contributed by atoms with Crippen LogP contribution in [0.15, 0.2) is 80.8 Å². The Balaban J connectivity index is 1.55. The first kappa shape index (κ1) is 18.1. The van der Waals surface area contributed by atoms with Crippen molar-refractivity contribution in [1.29, 1.82) is 0 Å². The zero-order valence-corrected chi connectivity index (χ0v) is 15.9. The Hall–Kier alpha value is -3.32. The van der Waals surface area contributed by atoms with Crippen LogP contribution in [0.5, 0.6) is 0 Å². The zero-order chi connectivity index (χ0) is 19.3. The number of nitrogens with one attached hydrogen (secondary N) is 1. The Morgan fingerprint density at radius 1 is 1.07 bits per heavy atom. The fourth-order valence-electron chi connectivity index (χ4n) is 2.81. The van der Waals surface area contributed by atoms with Crippen molar-refractivity contribution in [3.63, 3.8) is 0 Å². The van der Waals surface area contributed by atoms with Gasteiger partial charge in [0.2, 0.25) is 11.7 Å². The minimum Gasteiger partial charge on any atom is -0.461 e. The average molecular weight is 391 g/mol. The summed E-state index contributed by atoms with van der Waals surface area (Å²) in [6.45, 7) is 0. The number of hydrogen-bond acceptors (Lipinski definition) is 6. The van der Waals surface area contributed by atoms with E-state index < -0.39 is 0 Å². The minimum absolute atomic E-state index is 0.154. The van der Waals surface area contributed by atoms with Crippen LogP contribution in [0.25, 0.3) is 11.6 Å². The van der Waals surface area contributed by atoms with E-state index in [2.05, 4.69) is 15.5 Å². The van der Waals surface area contributed by atoms with Gasteiger partial charge in [-0.3, -0.25) is 4.79 Å². The van der Waals surface area contributed by atoms with Crippen LogP contribution in [0.1, 0.15) is 21.8 Å². The number of anilines is 1. The van der Waals surface area contributed by atoms with Gasteiger partial charge in [-0.1, -0.05) is 35.5 Å². The number of furan rings is 1. The zero-order valence-electron chi connectivity index (χ0n) is 15.1. The Kier molecular flexibility index (Phi) is 5.25. The quantitative estimate of drug-likeness (QED) is 0.471. The van der Waals surface area contributed by atoms with Crippen molar-refractivity contribution in [3.05, 3.63) is 83.9 Å². The van der Waals surface area contributed by atoms with Crippen molar-refractivity contribution < 1.29 is 13.7 Å². The predicted molar refractivity (Wildman–Crippen MR) is 107 cm³/mol. The Morgan fingerprint density at radius 3 is 2.71 bits per heavy atom. The number of aromatic nitrogens is 2. The third kappa shape index (κ3) is 3.84. The highest BCUT2D eigenvalue weighted by Gasteiger charge is 2.15. The van der Waals surface area contributed by atoms with E-state index in [4.69, 9.17) is 8.94 Å². The van der Waals surface area contributed by atoms with Gasteiger partial charge in [-0.25, -0.2) is 0 Å². The summed E-state index contributed by atoms with van der Waals surface area (Å²) in [5, 5.41) is 6.94. The normalized spacial score (nSPS) is 10.8. The van der Waals surface area contributed by atoms with E-state index in [1.165, 1.54) is 11.8 Å². The number of hydrogen-bond donors (Lipinski definition) is 1. The van der Waals surface area contributed by atoms with E-state index in [0.29, 0.717) is 35.1 Å². The Morgan fingerprint density at radius 2 is 1.89 bits per heavy atom. The monoisotopic (exact) mass is 391 g/mol. The number of benzene rings is 2. The number of carbonyl (C=O) groups is 1. The van der Waals surface area contributed by atoms with Crippen LogP contribution in [-0.4, -0.2) is 22.3 Å². The fourth-order valence-corrected chi connectivity index (χ4v) is 3.41. The molecule has 0 saturated heterocycles. The van der Waals surface area contributed by atoms with Crippen LogP contribution < -0.4 is 5.32 Å². The van der Waals surface area contributed by atoms with Crippen LogP contribution >= 0.6 is 11.8 Å². The minimum atomic E-state index is -0.154. The van der Waals surface area contributed by atoms with Crippen molar-refractivity contribution in [3.8, 4) is 11.6 Å². The lowest BCUT2D eigenvalue weighted by Crippen LogP contribution is -2.14. The Bertz CT molecular complexity index is 1090. The summed E-state index contributed by atoms with van der Waals surface area (Å²) in [5.41, 5.74) is 2.23. The predicted octanol–water partition coefficient (Wildman–Crippen LogP) is 4.89. The largest absolute Gasteiger partial charge is 0.461 e. The second-order valence-electron chi connectivity index (χ2n) is 5.98. The van der Waals surface area contributed by atoms with Gasteiger partial charge >= 0.3 is 0 Å². The second-order valence-corrected chi connectivity index (χ2v) is 6.83. The van der Waals surface area contributed by atoms with E-state index in [-0.39, 0.29) is 5.91 Å². The van der Waals surface area contributed by atoms with Crippen molar-refractivity contribution in [2.45, 2.75) is 11.3 Å². The Labute approximate surface area is 166 Å². The third-order valence-corrected chi connectivity index (χ3v) is 4.96. The van der Waals surface area contributed by atoms with Gasteiger partial charge in [0.05, 0.1) is 18.2 Å². The van der Waals surface area contributed by atoms with Gasteiger partial charge in [-0.05, 0) is 42.2 Å². The highest BCUT2D eigenvalue weighted by atomic mass is 32.2. The molecule has 4 aromatic rings. The number of thioether (sulfide) groups is 1. The maximum Gasteiger partial charge on any atom is 0.256 e. The number of amides is 1. The second kappa shape index (κ2) is 8.14. The molecule has 0 bridgehead atoms. The van der Waals surface area contributed by atoms with Crippen LogP contribution in [0, 0.1) is 0 Å². The SMILES string of the molecule is CSc1ccccc1C(=O)Nc1ccccc1Cc1nc(-c2ccco2)no1. The molecule has 0 unspecified atom stereocenters. The molecule has 2 aromatic carbocycles. The van der Waals surface area contributed by atoms with E-state index >= 15 is 0 Å². The van der Waals surface area contributed by atoms with Gasteiger partial charge in [0, 0.05) is 10.6 Å². The van der Waals surface area contributed by atoms with Gasteiger partial charge in [-0.2, -0.15) is 4.98 Å². The summed E-state index contributed by atoms with van der Waals surface area (Å²) in [6.07, 6.45) is 3.91. The highest BCUT2D eigenvalue weighted by molar-refractivity contribution is 7.98. The van der Waals surface area contributed by atoms with Gasteiger partial charge < -0.3 is 14.3 Å². The molecule has 0 atom stereocenters. The lowest BCUT2D eigenvalue weighted by molar-refractivity contribution is 0.102. The average Bonchev–Trinajstić information content (AvgIpc) is 3.41. The molecule has 1 amide bonds. The molecular formula is C21H17N3O3S. The summed E-state index contributed by atoms with van der Waals surface area (Å²) in [6, 6.07) is 18.6. The molecule has 4 rings (SSSR count). The number of rotatable bonds is 6. The van der Waals surface area contributed by atoms with Crippen LogP contribution in [-0.2, 0) is 6.42 Å². The topological polar surface area (TPSA) is 81.2 Å². The molecule has 2 aromatic heterocycles. The van der Waals surface area contributed by atoms with Gasteiger partial charge in [0.15, 0.2) is 5.76 Å².